The van der Waals surface area contributed by atoms with Gasteiger partial charge in [0.2, 0.25) is 0 Å². The van der Waals surface area contributed by atoms with Crippen molar-refractivity contribution < 1.29 is 9.05 Å². The first-order chi connectivity index (χ1) is 14.0. The van der Waals surface area contributed by atoms with Crippen molar-refractivity contribution in [1.29, 1.82) is 5.26 Å². The van der Waals surface area contributed by atoms with Crippen LogP contribution in [0.15, 0.2) is 12.1 Å². The second kappa shape index (κ2) is 11.0. The molecule has 1 fully saturated rings. The Labute approximate surface area is 192 Å². The van der Waals surface area contributed by atoms with E-state index in [4.69, 9.17) is 14.3 Å². The molecule has 0 spiro atoms. The van der Waals surface area contributed by atoms with E-state index in [1.165, 1.54) is 22.3 Å². The van der Waals surface area contributed by atoms with Crippen LogP contribution in [0.5, 0.6) is 0 Å². The Bertz CT molecular complexity index is 733. The largest absolute Gasteiger partial charge is 0.321 e. The van der Waals surface area contributed by atoms with Crippen LogP contribution >= 0.6 is 30.1 Å². The van der Waals surface area contributed by atoms with Crippen molar-refractivity contribution in [2.45, 2.75) is 96.9 Å². The smallest absolute Gasteiger partial charge is 0.259 e. The first kappa shape index (κ1) is 26.0. The third-order valence-corrected chi connectivity index (χ3v) is 11.0. The Kier molecular flexibility index (Phi) is 9.55. The van der Waals surface area contributed by atoms with Crippen LogP contribution in [0.3, 0.4) is 0 Å². The first-order valence-electron chi connectivity index (χ1n) is 10.7. The van der Waals surface area contributed by atoms with Crippen molar-refractivity contribution in [2.24, 2.45) is 0 Å². The maximum atomic E-state index is 8.99. The molecule has 168 valence electrons. The van der Waals surface area contributed by atoms with Crippen molar-refractivity contribution >= 4 is 30.1 Å². The topological polar surface area (TPSA) is 45.5 Å². The van der Waals surface area contributed by atoms with Crippen molar-refractivity contribution in [3.05, 3.63) is 34.4 Å². The number of nitriles is 1. The molecule has 0 saturated carbocycles. The van der Waals surface area contributed by atoms with Gasteiger partial charge in [-0.15, -0.1) is 0 Å². The summed E-state index contributed by atoms with van der Waals surface area (Å²) in [7, 11) is 2.55. The SMILES string of the molecule is Cc1cc(C)c([C@@H]2SSC(C)(C)[C@H]2OP(OCCC#N)N(C(C)C)C(C)C)c(C)c1. The minimum absolute atomic E-state index is 0.0146. The summed E-state index contributed by atoms with van der Waals surface area (Å²) in [4.78, 5) is 0. The normalized spacial score (nSPS) is 22.1. The Morgan fingerprint density at radius 2 is 1.70 bits per heavy atom. The summed E-state index contributed by atoms with van der Waals surface area (Å²) in [5.41, 5.74) is 5.35. The summed E-state index contributed by atoms with van der Waals surface area (Å²) < 4.78 is 15.4. The van der Waals surface area contributed by atoms with Crippen LogP contribution in [0.4, 0.5) is 0 Å². The quantitative estimate of drug-likeness (QED) is 0.213. The fraction of sp³-hybridized carbons (Fsp3) is 0.696. The highest BCUT2D eigenvalue weighted by atomic mass is 33.1. The zero-order valence-corrected chi connectivity index (χ0v) is 22.4. The second-order valence-electron chi connectivity index (χ2n) is 9.09. The summed E-state index contributed by atoms with van der Waals surface area (Å²) >= 11 is 0. The molecule has 1 aliphatic rings. The van der Waals surface area contributed by atoms with E-state index in [0.717, 1.165) is 0 Å². The molecule has 1 aromatic carbocycles. The van der Waals surface area contributed by atoms with Gasteiger partial charge in [-0.25, -0.2) is 4.67 Å². The molecule has 0 radical (unpaired) electrons. The highest BCUT2D eigenvalue weighted by Gasteiger charge is 2.49. The van der Waals surface area contributed by atoms with Crippen molar-refractivity contribution in [2.75, 3.05) is 6.61 Å². The molecule has 0 aliphatic carbocycles. The van der Waals surface area contributed by atoms with Crippen molar-refractivity contribution in [1.82, 2.24) is 4.67 Å². The van der Waals surface area contributed by atoms with Crippen molar-refractivity contribution in [3.63, 3.8) is 0 Å². The predicted molar refractivity (Wildman–Crippen MR) is 133 cm³/mol. The maximum absolute atomic E-state index is 8.99. The van der Waals surface area contributed by atoms with Crippen LogP contribution in [0, 0.1) is 32.1 Å². The third-order valence-electron chi connectivity index (χ3n) is 5.22. The summed E-state index contributed by atoms with van der Waals surface area (Å²) in [5.74, 6) is 0. The van der Waals surface area contributed by atoms with E-state index in [9.17, 15) is 0 Å². The number of aryl methyl sites for hydroxylation is 3. The van der Waals surface area contributed by atoms with Gasteiger partial charge in [-0.3, -0.25) is 0 Å². The van der Waals surface area contributed by atoms with Gasteiger partial charge in [0.05, 0.1) is 30.5 Å². The fourth-order valence-electron chi connectivity index (χ4n) is 4.05. The lowest BCUT2D eigenvalue weighted by Crippen LogP contribution is -2.39. The van der Waals surface area contributed by atoms with Crippen LogP contribution in [0.25, 0.3) is 0 Å². The van der Waals surface area contributed by atoms with Gasteiger partial charge in [0.15, 0.2) is 0 Å². The van der Waals surface area contributed by atoms with Gasteiger partial charge in [0.1, 0.15) is 0 Å². The number of rotatable bonds is 9. The van der Waals surface area contributed by atoms with Gasteiger partial charge < -0.3 is 9.05 Å². The number of hydrogen-bond donors (Lipinski definition) is 0. The van der Waals surface area contributed by atoms with Crippen LogP contribution < -0.4 is 0 Å². The molecule has 0 aromatic heterocycles. The maximum Gasteiger partial charge on any atom is 0.259 e. The Morgan fingerprint density at radius 1 is 1.13 bits per heavy atom. The molecule has 7 heteroatoms. The van der Waals surface area contributed by atoms with Gasteiger partial charge in [-0.1, -0.05) is 39.3 Å². The molecule has 0 amide bonds. The third kappa shape index (κ3) is 6.15. The molecule has 2 rings (SSSR count). The van der Waals surface area contributed by atoms with E-state index in [1.807, 2.05) is 21.6 Å². The predicted octanol–water partition coefficient (Wildman–Crippen LogP) is 7.49. The Hall–Kier alpha value is -0.280. The van der Waals surface area contributed by atoms with E-state index in [-0.39, 0.29) is 16.1 Å². The van der Waals surface area contributed by atoms with Crippen LogP contribution in [-0.4, -0.2) is 34.2 Å². The average molecular weight is 469 g/mol. The highest BCUT2D eigenvalue weighted by molar-refractivity contribution is 8.77. The molecule has 0 N–H and O–H groups in total. The highest BCUT2D eigenvalue weighted by Crippen LogP contribution is 2.63. The van der Waals surface area contributed by atoms with Crippen LogP contribution in [0.1, 0.15) is 75.5 Å². The van der Waals surface area contributed by atoms with E-state index >= 15 is 0 Å². The first-order valence-corrected chi connectivity index (χ1v) is 14.0. The van der Waals surface area contributed by atoms with Gasteiger partial charge in [-0.05, 0) is 79.0 Å². The summed E-state index contributed by atoms with van der Waals surface area (Å²) in [6.45, 7) is 20.2. The van der Waals surface area contributed by atoms with E-state index < -0.39 is 8.53 Å². The molecule has 1 unspecified atom stereocenters. The molecule has 1 saturated heterocycles. The number of nitrogens with zero attached hydrogens (tertiary/aromatic N) is 2. The number of benzene rings is 1. The summed E-state index contributed by atoms with van der Waals surface area (Å²) in [6, 6.07) is 7.33. The molecule has 1 aromatic rings. The summed E-state index contributed by atoms with van der Waals surface area (Å²) in [5, 5.41) is 9.24. The zero-order chi connectivity index (χ0) is 22.6. The Morgan fingerprint density at radius 3 is 2.20 bits per heavy atom. The van der Waals surface area contributed by atoms with Crippen LogP contribution in [-0.2, 0) is 9.05 Å². The van der Waals surface area contributed by atoms with Crippen molar-refractivity contribution in [3.8, 4) is 6.07 Å². The number of hydrogen-bond acceptors (Lipinski definition) is 6. The molecule has 0 bridgehead atoms. The molecule has 3 atom stereocenters. The van der Waals surface area contributed by atoms with E-state index in [0.29, 0.717) is 25.1 Å². The van der Waals surface area contributed by atoms with E-state index in [2.05, 4.69) is 85.2 Å². The molecular weight excluding hydrogens is 431 g/mol. The molecule has 4 nitrogen and oxygen atoms in total. The molecule has 30 heavy (non-hydrogen) atoms. The lowest BCUT2D eigenvalue weighted by molar-refractivity contribution is 0.114. The Balaban J connectivity index is 2.40. The molecule has 1 heterocycles. The average Bonchev–Trinajstić information content (AvgIpc) is 2.88. The second-order valence-corrected chi connectivity index (χ2v) is 13.5. The van der Waals surface area contributed by atoms with Gasteiger partial charge >= 0.3 is 0 Å². The summed E-state index contributed by atoms with van der Waals surface area (Å²) in [6.07, 6.45) is 0.393. The monoisotopic (exact) mass is 468 g/mol. The van der Waals surface area contributed by atoms with Gasteiger partial charge in [-0.2, -0.15) is 5.26 Å². The minimum Gasteiger partial charge on any atom is -0.321 e. The van der Waals surface area contributed by atoms with Gasteiger partial charge in [0, 0.05) is 16.8 Å². The standard InChI is InChI=1S/C23H37N2O2PS2/c1-15(2)25(16(3)4)28(26-12-10-11-24)27-22-21(29-30-23(22,8)9)20-18(6)13-17(5)14-19(20)7/h13-16,21-22H,10,12H2,1-9H3/t21-,22-,28?/m0/s1. The minimum atomic E-state index is -1.27. The molecule has 1 aliphatic heterocycles. The van der Waals surface area contributed by atoms with Crippen LogP contribution in [0.2, 0.25) is 0 Å². The zero-order valence-electron chi connectivity index (χ0n) is 19.9. The van der Waals surface area contributed by atoms with E-state index in [1.54, 1.807) is 0 Å². The lowest BCUT2D eigenvalue weighted by atomic mass is 9.91. The lowest BCUT2D eigenvalue weighted by Gasteiger charge is -2.40. The van der Waals surface area contributed by atoms with Gasteiger partial charge in [0.25, 0.3) is 8.53 Å². The fourth-order valence-corrected chi connectivity index (χ4v) is 9.70. The molecular formula is C23H37N2O2PS2.